The van der Waals surface area contributed by atoms with Gasteiger partial charge in [-0.15, -0.1) is 0 Å². The molecule has 0 aliphatic rings. The first-order chi connectivity index (χ1) is 10.0. The summed E-state index contributed by atoms with van der Waals surface area (Å²) in [6, 6.07) is 12.6. The Morgan fingerprint density at radius 2 is 1.95 bits per heavy atom. The second kappa shape index (κ2) is 6.61. The first kappa shape index (κ1) is 15.4. The first-order valence-electron chi connectivity index (χ1n) is 6.65. The molecule has 0 aliphatic carbocycles. The van der Waals surface area contributed by atoms with Crippen molar-refractivity contribution in [2.75, 3.05) is 5.43 Å². The highest BCUT2D eigenvalue weighted by Gasteiger charge is 2.14. The molecule has 2 aromatic rings. The average molecular weight is 304 g/mol. The number of amides is 1. The molecule has 0 bridgehead atoms. The number of nitrogens with two attached hydrogens (primary N) is 1. The fourth-order valence-electron chi connectivity index (χ4n) is 2.15. The van der Waals surface area contributed by atoms with Crippen LogP contribution in [0.2, 0.25) is 5.02 Å². The van der Waals surface area contributed by atoms with Gasteiger partial charge in [0, 0.05) is 10.6 Å². The van der Waals surface area contributed by atoms with Crippen molar-refractivity contribution in [3.05, 3.63) is 64.2 Å². The zero-order chi connectivity index (χ0) is 15.4. The first-order valence-corrected chi connectivity index (χ1v) is 7.03. The van der Waals surface area contributed by atoms with Gasteiger partial charge in [0.2, 0.25) is 0 Å². The third-order valence-electron chi connectivity index (χ3n) is 3.36. The quantitative estimate of drug-likeness (QED) is 0.599. The molecule has 0 heterocycles. The Bertz CT molecular complexity index is 658. The van der Waals surface area contributed by atoms with Crippen molar-refractivity contribution >= 4 is 23.2 Å². The summed E-state index contributed by atoms with van der Waals surface area (Å²) in [5.74, 6) is 5.24. The van der Waals surface area contributed by atoms with Crippen molar-refractivity contribution in [3.63, 3.8) is 0 Å². The number of hydrogen-bond donors (Lipinski definition) is 3. The van der Waals surface area contributed by atoms with Crippen LogP contribution in [-0.4, -0.2) is 5.91 Å². The number of carbonyl (C=O) groups is 1. The Hall–Kier alpha value is -2.04. The number of carbonyl (C=O) groups excluding carboxylic acids is 1. The van der Waals surface area contributed by atoms with Gasteiger partial charge in [0.15, 0.2) is 0 Å². The number of benzene rings is 2. The maximum atomic E-state index is 12.3. The lowest BCUT2D eigenvalue weighted by atomic mass is 10.1. The van der Waals surface area contributed by atoms with Crippen molar-refractivity contribution in [2.45, 2.75) is 19.9 Å². The van der Waals surface area contributed by atoms with E-state index in [2.05, 4.69) is 10.7 Å². The molecule has 21 heavy (non-hydrogen) atoms. The van der Waals surface area contributed by atoms with Gasteiger partial charge in [-0.1, -0.05) is 29.8 Å². The van der Waals surface area contributed by atoms with E-state index in [1.807, 2.05) is 38.1 Å². The second-order valence-corrected chi connectivity index (χ2v) is 5.30. The average Bonchev–Trinajstić information content (AvgIpc) is 2.47. The minimum absolute atomic E-state index is 0.144. The van der Waals surface area contributed by atoms with E-state index in [1.54, 1.807) is 18.2 Å². The van der Waals surface area contributed by atoms with Crippen LogP contribution < -0.4 is 16.6 Å². The molecule has 0 saturated carbocycles. The molecule has 0 aliphatic heterocycles. The number of nitrogens with one attached hydrogen (secondary N) is 2. The van der Waals surface area contributed by atoms with E-state index in [-0.39, 0.29) is 11.9 Å². The highest BCUT2D eigenvalue weighted by Crippen LogP contribution is 2.23. The monoisotopic (exact) mass is 303 g/mol. The molecular weight excluding hydrogens is 286 g/mol. The minimum Gasteiger partial charge on any atom is -0.345 e. The number of aryl methyl sites for hydroxylation is 1. The molecule has 0 spiro atoms. The predicted octanol–water partition coefficient (Wildman–Crippen LogP) is 3.43. The zero-order valence-corrected chi connectivity index (χ0v) is 12.7. The molecule has 2 rings (SSSR count). The highest BCUT2D eigenvalue weighted by atomic mass is 35.5. The van der Waals surface area contributed by atoms with Crippen LogP contribution in [0.25, 0.3) is 0 Å². The predicted molar refractivity (Wildman–Crippen MR) is 86.3 cm³/mol. The maximum absolute atomic E-state index is 12.3. The SMILES string of the molecule is Cc1cc(C(=O)NC(C)c2ccccc2Cl)ccc1NN. The number of rotatable bonds is 4. The third-order valence-corrected chi connectivity index (χ3v) is 3.71. The number of hydrazine groups is 1. The summed E-state index contributed by atoms with van der Waals surface area (Å²) in [5, 5.41) is 3.59. The summed E-state index contributed by atoms with van der Waals surface area (Å²) in [6.07, 6.45) is 0. The minimum atomic E-state index is -0.168. The van der Waals surface area contributed by atoms with Crippen LogP contribution in [0.1, 0.15) is 34.5 Å². The van der Waals surface area contributed by atoms with Crippen LogP contribution in [0.4, 0.5) is 5.69 Å². The van der Waals surface area contributed by atoms with Crippen molar-refractivity contribution in [3.8, 4) is 0 Å². The number of nitrogen functional groups attached to an aromatic ring is 1. The standard InChI is InChI=1S/C16H18ClN3O/c1-10-9-12(7-8-15(10)20-18)16(21)19-11(2)13-5-3-4-6-14(13)17/h3-9,11,20H,18H2,1-2H3,(H,19,21). The van der Waals surface area contributed by atoms with E-state index in [4.69, 9.17) is 17.4 Å². The third kappa shape index (κ3) is 3.54. The van der Waals surface area contributed by atoms with Crippen LogP contribution >= 0.6 is 11.6 Å². The van der Waals surface area contributed by atoms with Crippen LogP contribution in [0.5, 0.6) is 0 Å². The van der Waals surface area contributed by atoms with E-state index < -0.39 is 0 Å². The molecule has 4 nitrogen and oxygen atoms in total. The zero-order valence-electron chi connectivity index (χ0n) is 12.0. The molecule has 0 fully saturated rings. The summed E-state index contributed by atoms with van der Waals surface area (Å²) in [5.41, 5.74) is 5.78. The van der Waals surface area contributed by atoms with Gasteiger partial charge in [0.1, 0.15) is 0 Å². The van der Waals surface area contributed by atoms with Crippen LogP contribution in [-0.2, 0) is 0 Å². The highest BCUT2D eigenvalue weighted by molar-refractivity contribution is 6.31. The van der Waals surface area contributed by atoms with Gasteiger partial charge in [-0.25, -0.2) is 0 Å². The molecule has 0 aromatic heterocycles. The molecule has 5 heteroatoms. The van der Waals surface area contributed by atoms with Crippen molar-refractivity contribution in [1.29, 1.82) is 0 Å². The summed E-state index contributed by atoms with van der Waals surface area (Å²) >= 11 is 6.14. The summed E-state index contributed by atoms with van der Waals surface area (Å²) in [6.45, 7) is 3.80. The van der Waals surface area contributed by atoms with E-state index >= 15 is 0 Å². The topological polar surface area (TPSA) is 67.2 Å². The second-order valence-electron chi connectivity index (χ2n) is 4.89. The molecule has 4 N–H and O–H groups in total. The van der Waals surface area contributed by atoms with E-state index in [0.29, 0.717) is 10.6 Å². The van der Waals surface area contributed by atoms with Gasteiger partial charge >= 0.3 is 0 Å². The Kier molecular flexibility index (Phi) is 4.83. The van der Waals surface area contributed by atoms with Gasteiger partial charge in [-0.3, -0.25) is 10.6 Å². The molecule has 2 aromatic carbocycles. The Labute approximate surface area is 129 Å². The Morgan fingerprint density at radius 1 is 1.24 bits per heavy atom. The lowest BCUT2D eigenvalue weighted by Crippen LogP contribution is -2.27. The largest absolute Gasteiger partial charge is 0.345 e. The van der Waals surface area contributed by atoms with Crippen molar-refractivity contribution < 1.29 is 4.79 Å². The van der Waals surface area contributed by atoms with Crippen LogP contribution in [0, 0.1) is 6.92 Å². The maximum Gasteiger partial charge on any atom is 0.251 e. The lowest BCUT2D eigenvalue weighted by molar-refractivity contribution is 0.0940. The fourth-order valence-corrected chi connectivity index (χ4v) is 2.45. The van der Waals surface area contributed by atoms with Gasteiger partial charge in [0.05, 0.1) is 11.7 Å². The summed E-state index contributed by atoms with van der Waals surface area (Å²) < 4.78 is 0. The molecule has 1 unspecified atom stereocenters. The number of anilines is 1. The summed E-state index contributed by atoms with van der Waals surface area (Å²) in [7, 11) is 0. The van der Waals surface area contributed by atoms with Gasteiger partial charge < -0.3 is 10.7 Å². The summed E-state index contributed by atoms with van der Waals surface area (Å²) in [4.78, 5) is 12.3. The number of halogens is 1. The molecule has 0 radical (unpaired) electrons. The Balaban J connectivity index is 2.14. The molecule has 1 atom stereocenters. The van der Waals surface area contributed by atoms with Gasteiger partial charge in [-0.05, 0) is 49.2 Å². The van der Waals surface area contributed by atoms with Crippen LogP contribution in [0.3, 0.4) is 0 Å². The Morgan fingerprint density at radius 3 is 2.57 bits per heavy atom. The van der Waals surface area contributed by atoms with Gasteiger partial charge in [-0.2, -0.15) is 0 Å². The normalized spacial score (nSPS) is 11.8. The molecule has 1 amide bonds. The lowest BCUT2D eigenvalue weighted by Gasteiger charge is -2.16. The smallest absolute Gasteiger partial charge is 0.251 e. The van der Waals surface area contributed by atoms with Crippen LogP contribution in [0.15, 0.2) is 42.5 Å². The molecule has 0 saturated heterocycles. The van der Waals surface area contributed by atoms with Crippen molar-refractivity contribution in [2.24, 2.45) is 5.84 Å². The molecular formula is C16H18ClN3O. The molecule has 110 valence electrons. The fraction of sp³-hybridized carbons (Fsp3) is 0.188. The van der Waals surface area contributed by atoms with E-state index in [1.165, 1.54) is 0 Å². The van der Waals surface area contributed by atoms with Gasteiger partial charge in [0.25, 0.3) is 5.91 Å². The van der Waals surface area contributed by atoms with E-state index in [0.717, 1.165) is 16.8 Å². The number of hydrogen-bond acceptors (Lipinski definition) is 3. The van der Waals surface area contributed by atoms with Crippen molar-refractivity contribution in [1.82, 2.24) is 5.32 Å². The van der Waals surface area contributed by atoms with E-state index in [9.17, 15) is 4.79 Å².